The van der Waals surface area contributed by atoms with Gasteiger partial charge in [0.25, 0.3) is 5.91 Å². The second kappa shape index (κ2) is 7.47. The molecule has 0 aliphatic heterocycles. The van der Waals surface area contributed by atoms with E-state index >= 15 is 0 Å². The third-order valence-electron chi connectivity index (χ3n) is 4.63. The van der Waals surface area contributed by atoms with Crippen LogP contribution < -0.4 is 15.8 Å². The van der Waals surface area contributed by atoms with Crippen LogP contribution in [-0.4, -0.2) is 20.4 Å². The molecule has 0 aromatic heterocycles. The lowest BCUT2D eigenvalue weighted by atomic mass is 10.1. The van der Waals surface area contributed by atoms with Gasteiger partial charge in [-0.1, -0.05) is 31.0 Å². The number of para-hydroxylation sites is 2. The minimum absolute atomic E-state index is 0.0269. The van der Waals surface area contributed by atoms with Crippen LogP contribution in [0, 0.1) is 6.92 Å². The largest absolute Gasteiger partial charge is 0.397 e. The fourth-order valence-corrected chi connectivity index (χ4v) is 4.74. The van der Waals surface area contributed by atoms with Gasteiger partial charge in [-0.2, -0.15) is 0 Å². The van der Waals surface area contributed by atoms with E-state index in [1.807, 2.05) is 0 Å². The van der Waals surface area contributed by atoms with Crippen molar-refractivity contribution in [3.63, 3.8) is 0 Å². The van der Waals surface area contributed by atoms with E-state index in [2.05, 4.69) is 10.0 Å². The molecule has 1 fully saturated rings. The topological polar surface area (TPSA) is 101 Å². The number of anilines is 2. The molecule has 2 aromatic carbocycles. The molecule has 0 atom stereocenters. The molecule has 7 heteroatoms. The minimum atomic E-state index is -3.67. The molecule has 1 aliphatic rings. The Hall–Kier alpha value is -2.38. The molecule has 1 saturated carbocycles. The van der Waals surface area contributed by atoms with E-state index in [4.69, 9.17) is 5.73 Å². The van der Waals surface area contributed by atoms with Crippen molar-refractivity contribution in [1.82, 2.24) is 4.72 Å². The smallest absolute Gasteiger partial charge is 0.255 e. The highest BCUT2D eigenvalue weighted by Gasteiger charge is 2.25. The summed E-state index contributed by atoms with van der Waals surface area (Å²) in [5.74, 6) is -0.403. The van der Waals surface area contributed by atoms with E-state index in [1.165, 1.54) is 6.07 Å². The van der Waals surface area contributed by atoms with Gasteiger partial charge in [0, 0.05) is 11.6 Å². The van der Waals surface area contributed by atoms with Gasteiger partial charge < -0.3 is 11.1 Å². The van der Waals surface area contributed by atoms with E-state index in [9.17, 15) is 13.2 Å². The van der Waals surface area contributed by atoms with E-state index in [0.29, 0.717) is 16.9 Å². The van der Waals surface area contributed by atoms with Gasteiger partial charge >= 0.3 is 0 Å². The predicted octanol–water partition coefficient (Wildman–Crippen LogP) is 3.05. The van der Waals surface area contributed by atoms with E-state index in [1.54, 1.807) is 43.3 Å². The Kier molecular flexibility index (Phi) is 5.29. The average molecular weight is 373 g/mol. The summed E-state index contributed by atoms with van der Waals surface area (Å²) in [6.07, 6.45) is 3.78. The maximum absolute atomic E-state index is 12.7. The second-order valence-corrected chi connectivity index (χ2v) is 8.31. The Morgan fingerprint density at radius 1 is 1.12 bits per heavy atom. The van der Waals surface area contributed by atoms with Gasteiger partial charge in [-0.3, -0.25) is 4.79 Å². The number of nitrogen functional groups attached to an aromatic ring is 1. The number of aryl methyl sites for hydroxylation is 1. The Balaban J connectivity index is 1.85. The summed E-state index contributed by atoms with van der Waals surface area (Å²) in [6, 6.07) is 11.6. The number of sulfonamides is 1. The molecule has 2 aromatic rings. The normalized spacial score (nSPS) is 15.1. The van der Waals surface area contributed by atoms with Crippen molar-refractivity contribution in [2.24, 2.45) is 0 Å². The first-order chi connectivity index (χ1) is 12.4. The molecule has 1 aliphatic carbocycles. The number of rotatable bonds is 5. The van der Waals surface area contributed by atoms with Gasteiger partial charge in [-0.05, 0) is 49.6 Å². The predicted molar refractivity (Wildman–Crippen MR) is 103 cm³/mol. The standard InChI is InChI=1S/C19H23N3O3S/c1-13-10-11-14(19(23)21-17-9-5-4-8-16(17)20)12-18(13)26(24,25)22-15-6-2-3-7-15/h4-5,8-12,15,22H,2-3,6-7,20H2,1H3,(H,21,23). The van der Waals surface area contributed by atoms with E-state index < -0.39 is 15.9 Å². The number of amides is 1. The van der Waals surface area contributed by atoms with Gasteiger partial charge in [0.15, 0.2) is 0 Å². The third kappa shape index (κ3) is 4.05. The van der Waals surface area contributed by atoms with Crippen molar-refractivity contribution in [3.05, 3.63) is 53.6 Å². The van der Waals surface area contributed by atoms with Gasteiger partial charge in [-0.25, -0.2) is 13.1 Å². The summed E-state index contributed by atoms with van der Waals surface area (Å²) in [7, 11) is -3.67. The maximum atomic E-state index is 12.7. The number of hydrogen-bond donors (Lipinski definition) is 3. The molecule has 0 unspecified atom stereocenters. The average Bonchev–Trinajstić information content (AvgIpc) is 3.09. The molecule has 0 saturated heterocycles. The van der Waals surface area contributed by atoms with Crippen molar-refractivity contribution in [2.45, 2.75) is 43.5 Å². The quantitative estimate of drug-likeness (QED) is 0.701. The number of nitrogens with two attached hydrogens (primary N) is 1. The molecule has 0 spiro atoms. The fraction of sp³-hybridized carbons (Fsp3) is 0.316. The second-order valence-electron chi connectivity index (χ2n) is 6.62. The van der Waals surface area contributed by atoms with Gasteiger partial charge in [0.1, 0.15) is 0 Å². The van der Waals surface area contributed by atoms with Crippen molar-refractivity contribution >= 4 is 27.3 Å². The molecule has 0 radical (unpaired) electrons. The summed E-state index contributed by atoms with van der Waals surface area (Å²) in [5, 5.41) is 2.72. The Morgan fingerprint density at radius 2 is 1.81 bits per heavy atom. The lowest BCUT2D eigenvalue weighted by Gasteiger charge is -2.15. The Morgan fingerprint density at radius 3 is 2.50 bits per heavy atom. The van der Waals surface area contributed by atoms with Crippen molar-refractivity contribution < 1.29 is 13.2 Å². The third-order valence-corrected chi connectivity index (χ3v) is 6.29. The highest BCUT2D eigenvalue weighted by molar-refractivity contribution is 7.89. The van der Waals surface area contributed by atoms with Crippen LogP contribution in [0.25, 0.3) is 0 Å². The summed E-state index contributed by atoms with van der Waals surface area (Å²) in [6.45, 7) is 1.72. The fourth-order valence-electron chi connectivity index (χ4n) is 3.16. The molecule has 138 valence electrons. The first kappa shape index (κ1) is 18.4. The van der Waals surface area contributed by atoms with Gasteiger partial charge in [-0.15, -0.1) is 0 Å². The molecule has 3 rings (SSSR count). The summed E-state index contributed by atoms with van der Waals surface area (Å²) in [4.78, 5) is 12.7. The van der Waals surface area contributed by atoms with E-state index in [-0.39, 0.29) is 16.5 Å². The number of benzene rings is 2. The highest BCUT2D eigenvalue weighted by atomic mass is 32.2. The van der Waals surface area contributed by atoms with Crippen molar-refractivity contribution in [3.8, 4) is 0 Å². The monoisotopic (exact) mass is 373 g/mol. The van der Waals surface area contributed by atoms with Crippen LogP contribution in [0.1, 0.15) is 41.6 Å². The lowest BCUT2D eigenvalue weighted by Crippen LogP contribution is -2.33. The summed E-state index contributed by atoms with van der Waals surface area (Å²) < 4.78 is 28.2. The minimum Gasteiger partial charge on any atom is -0.397 e. The van der Waals surface area contributed by atoms with Crippen LogP contribution >= 0.6 is 0 Å². The lowest BCUT2D eigenvalue weighted by molar-refractivity contribution is 0.102. The highest BCUT2D eigenvalue weighted by Crippen LogP contribution is 2.23. The number of carbonyl (C=O) groups is 1. The molecule has 26 heavy (non-hydrogen) atoms. The molecule has 4 N–H and O–H groups in total. The molecular formula is C19H23N3O3S. The zero-order valence-electron chi connectivity index (χ0n) is 14.7. The summed E-state index contributed by atoms with van der Waals surface area (Å²) in [5.41, 5.74) is 7.65. The van der Waals surface area contributed by atoms with Crippen LogP contribution in [0.3, 0.4) is 0 Å². The zero-order chi connectivity index (χ0) is 18.7. The number of hydrogen-bond acceptors (Lipinski definition) is 4. The number of nitrogens with one attached hydrogen (secondary N) is 2. The van der Waals surface area contributed by atoms with Crippen LogP contribution in [0.15, 0.2) is 47.4 Å². The molecule has 6 nitrogen and oxygen atoms in total. The summed E-state index contributed by atoms with van der Waals surface area (Å²) >= 11 is 0. The number of carbonyl (C=O) groups excluding carboxylic acids is 1. The van der Waals surface area contributed by atoms with E-state index in [0.717, 1.165) is 25.7 Å². The van der Waals surface area contributed by atoms with Gasteiger partial charge in [0.2, 0.25) is 10.0 Å². The maximum Gasteiger partial charge on any atom is 0.255 e. The van der Waals surface area contributed by atoms with Crippen LogP contribution in [0.5, 0.6) is 0 Å². The van der Waals surface area contributed by atoms with Crippen LogP contribution in [0.4, 0.5) is 11.4 Å². The van der Waals surface area contributed by atoms with Crippen molar-refractivity contribution in [2.75, 3.05) is 11.1 Å². The Bertz CT molecular complexity index is 919. The SMILES string of the molecule is Cc1ccc(C(=O)Nc2ccccc2N)cc1S(=O)(=O)NC1CCCC1. The van der Waals surface area contributed by atoms with Gasteiger partial charge in [0.05, 0.1) is 16.3 Å². The molecule has 0 heterocycles. The van der Waals surface area contributed by atoms with Crippen molar-refractivity contribution in [1.29, 1.82) is 0 Å². The first-order valence-electron chi connectivity index (χ1n) is 8.65. The molecule has 0 bridgehead atoms. The molecule has 1 amide bonds. The van der Waals surface area contributed by atoms with Crippen LogP contribution in [0.2, 0.25) is 0 Å². The van der Waals surface area contributed by atoms with Crippen LogP contribution in [-0.2, 0) is 10.0 Å². The Labute approximate surface area is 153 Å². The first-order valence-corrected chi connectivity index (χ1v) is 10.1. The molecular weight excluding hydrogens is 350 g/mol. The zero-order valence-corrected chi connectivity index (χ0v) is 15.5.